The molecule has 3 rings (SSSR count). The van der Waals surface area contributed by atoms with Gasteiger partial charge in [-0.2, -0.15) is 0 Å². The number of benzene rings is 1. The van der Waals surface area contributed by atoms with Gasteiger partial charge in [0.05, 0.1) is 6.54 Å². The number of halogens is 1. The van der Waals surface area contributed by atoms with Crippen LogP contribution >= 0.6 is 0 Å². The van der Waals surface area contributed by atoms with Crippen LogP contribution in [0.2, 0.25) is 0 Å². The minimum absolute atomic E-state index is 0.0963. The minimum Gasteiger partial charge on any atom is -0.384 e. The maximum Gasteiger partial charge on any atom is 0.328 e. The zero-order chi connectivity index (χ0) is 14.8. The Hall–Kier alpha value is -2.32. The van der Waals surface area contributed by atoms with Crippen molar-refractivity contribution in [1.82, 2.24) is 9.13 Å². The second kappa shape index (κ2) is 5.58. The summed E-state index contributed by atoms with van der Waals surface area (Å²) in [7, 11) is 0. The summed E-state index contributed by atoms with van der Waals surface area (Å²) in [5, 5.41) is 8.62. The van der Waals surface area contributed by atoms with E-state index in [0.717, 1.165) is 12.8 Å². The molecule has 1 aliphatic carbocycles. The molecule has 2 aromatic rings. The van der Waals surface area contributed by atoms with Crippen LogP contribution in [0.1, 0.15) is 30.0 Å². The van der Waals surface area contributed by atoms with Crippen molar-refractivity contribution in [3.05, 3.63) is 58.0 Å². The van der Waals surface area contributed by atoms with Crippen LogP contribution in [-0.2, 0) is 6.54 Å². The number of imidazole rings is 1. The third kappa shape index (κ3) is 2.91. The number of aliphatic hydroxyl groups is 1. The molecule has 1 aliphatic rings. The first-order chi connectivity index (χ1) is 10.2. The molecule has 0 spiro atoms. The van der Waals surface area contributed by atoms with E-state index in [-0.39, 0.29) is 18.8 Å². The van der Waals surface area contributed by atoms with E-state index in [1.54, 1.807) is 29.1 Å². The second-order valence-corrected chi connectivity index (χ2v) is 5.11. The van der Waals surface area contributed by atoms with Crippen molar-refractivity contribution in [2.45, 2.75) is 25.4 Å². The average Bonchev–Trinajstić information content (AvgIpc) is 3.25. The summed E-state index contributed by atoms with van der Waals surface area (Å²) in [6, 6.07) is 4.95. The summed E-state index contributed by atoms with van der Waals surface area (Å²) in [4.78, 5) is 12.1. The Labute approximate surface area is 121 Å². The molecule has 0 atom stereocenters. The van der Waals surface area contributed by atoms with Crippen molar-refractivity contribution >= 4 is 0 Å². The van der Waals surface area contributed by atoms with Crippen molar-refractivity contribution in [3.63, 3.8) is 0 Å². The van der Waals surface area contributed by atoms with Gasteiger partial charge in [-0.1, -0.05) is 17.9 Å². The third-order valence-electron chi connectivity index (χ3n) is 3.52. The summed E-state index contributed by atoms with van der Waals surface area (Å²) in [6.07, 6.45) is 5.53. The third-order valence-corrected chi connectivity index (χ3v) is 3.52. The average molecular weight is 286 g/mol. The van der Waals surface area contributed by atoms with Crippen molar-refractivity contribution < 1.29 is 9.50 Å². The quantitative estimate of drug-likeness (QED) is 0.870. The standard InChI is InChI=1S/C16H15FN2O2/c17-15-10-12(2-1-9-20)3-4-13(15)11-18-7-8-19(16(18)21)14-5-6-14/h3-4,7-8,10,14,20H,5-6,9,11H2. The number of nitrogens with zero attached hydrogens (tertiary/aromatic N) is 2. The van der Waals surface area contributed by atoms with Gasteiger partial charge in [-0.25, -0.2) is 9.18 Å². The van der Waals surface area contributed by atoms with E-state index in [9.17, 15) is 9.18 Å². The van der Waals surface area contributed by atoms with Gasteiger partial charge in [-0.05, 0) is 25.0 Å². The highest BCUT2D eigenvalue weighted by Gasteiger charge is 2.25. The van der Waals surface area contributed by atoms with E-state index in [0.29, 0.717) is 17.2 Å². The number of aliphatic hydroxyl groups excluding tert-OH is 1. The minimum atomic E-state index is -0.397. The maximum atomic E-state index is 14.0. The maximum absolute atomic E-state index is 14.0. The molecule has 1 N–H and O–H groups in total. The fourth-order valence-electron chi connectivity index (χ4n) is 2.26. The molecule has 0 unspecified atom stereocenters. The number of aromatic nitrogens is 2. The fourth-order valence-corrected chi connectivity index (χ4v) is 2.26. The van der Waals surface area contributed by atoms with Crippen LogP contribution < -0.4 is 5.69 Å². The lowest BCUT2D eigenvalue weighted by Crippen LogP contribution is -2.24. The lowest BCUT2D eigenvalue weighted by Gasteiger charge is -2.04. The molecule has 0 bridgehead atoms. The van der Waals surface area contributed by atoms with Gasteiger partial charge in [-0.3, -0.25) is 9.13 Å². The van der Waals surface area contributed by atoms with Crippen molar-refractivity contribution in [2.75, 3.05) is 6.61 Å². The van der Waals surface area contributed by atoms with Crippen molar-refractivity contribution in [3.8, 4) is 11.8 Å². The van der Waals surface area contributed by atoms with Gasteiger partial charge in [0.15, 0.2) is 0 Å². The van der Waals surface area contributed by atoms with E-state index >= 15 is 0 Å². The zero-order valence-electron chi connectivity index (χ0n) is 11.4. The monoisotopic (exact) mass is 286 g/mol. The van der Waals surface area contributed by atoms with Crippen LogP contribution in [0.5, 0.6) is 0 Å². The molecule has 108 valence electrons. The molecule has 21 heavy (non-hydrogen) atoms. The first-order valence-electron chi connectivity index (χ1n) is 6.84. The van der Waals surface area contributed by atoms with Gasteiger partial charge in [0.2, 0.25) is 0 Å². The van der Waals surface area contributed by atoms with Crippen LogP contribution in [0.4, 0.5) is 4.39 Å². The number of hydrogen-bond acceptors (Lipinski definition) is 2. The largest absolute Gasteiger partial charge is 0.384 e. The molecular weight excluding hydrogens is 271 g/mol. The Balaban J connectivity index is 1.83. The smallest absolute Gasteiger partial charge is 0.328 e. The molecule has 0 radical (unpaired) electrons. The molecule has 4 nitrogen and oxygen atoms in total. The summed E-state index contributed by atoms with van der Waals surface area (Å²) < 4.78 is 17.2. The molecular formula is C16H15FN2O2. The highest BCUT2D eigenvalue weighted by atomic mass is 19.1. The summed E-state index contributed by atoms with van der Waals surface area (Å²) in [5.74, 6) is 4.73. The van der Waals surface area contributed by atoms with Gasteiger partial charge in [0.25, 0.3) is 0 Å². The Morgan fingerprint density at radius 2 is 2.14 bits per heavy atom. The van der Waals surface area contributed by atoms with E-state index < -0.39 is 5.82 Å². The zero-order valence-corrected chi connectivity index (χ0v) is 11.4. The Bertz CT molecular complexity index is 776. The van der Waals surface area contributed by atoms with E-state index in [1.165, 1.54) is 10.6 Å². The Morgan fingerprint density at radius 3 is 2.81 bits per heavy atom. The molecule has 1 aromatic heterocycles. The van der Waals surface area contributed by atoms with Crippen LogP contribution in [0.3, 0.4) is 0 Å². The van der Waals surface area contributed by atoms with Crippen LogP contribution in [-0.4, -0.2) is 20.8 Å². The normalized spacial score (nSPS) is 13.8. The summed E-state index contributed by atoms with van der Waals surface area (Å²) >= 11 is 0. The SMILES string of the molecule is O=c1n(Cc2ccc(C#CCO)cc2F)ccn1C1CC1. The Morgan fingerprint density at radius 1 is 1.33 bits per heavy atom. The van der Waals surface area contributed by atoms with Gasteiger partial charge < -0.3 is 5.11 Å². The van der Waals surface area contributed by atoms with Crippen molar-refractivity contribution in [1.29, 1.82) is 0 Å². The van der Waals surface area contributed by atoms with E-state index in [2.05, 4.69) is 11.8 Å². The van der Waals surface area contributed by atoms with Crippen LogP contribution in [0.15, 0.2) is 35.4 Å². The van der Waals surface area contributed by atoms with Gasteiger partial charge >= 0.3 is 5.69 Å². The van der Waals surface area contributed by atoms with E-state index in [4.69, 9.17) is 5.11 Å². The van der Waals surface area contributed by atoms with E-state index in [1.807, 2.05) is 0 Å². The number of hydrogen-bond donors (Lipinski definition) is 1. The first-order valence-corrected chi connectivity index (χ1v) is 6.84. The topological polar surface area (TPSA) is 47.2 Å². The molecule has 0 amide bonds. The summed E-state index contributed by atoms with van der Waals surface area (Å²) in [6.45, 7) is -0.0501. The van der Waals surface area contributed by atoms with Gasteiger partial charge in [0, 0.05) is 29.6 Å². The molecule has 0 saturated heterocycles. The molecule has 1 fully saturated rings. The predicted octanol–water partition coefficient (Wildman–Crippen LogP) is 1.52. The summed E-state index contributed by atoms with van der Waals surface area (Å²) in [5.41, 5.74) is 0.856. The second-order valence-electron chi connectivity index (χ2n) is 5.11. The molecule has 5 heteroatoms. The Kier molecular flexibility index (Phi) is 3.63. The molecule has 0 aliphatic heterocycles. The van der Waals surface area contributed by atoms with Gasteiger partial charge in [0.1, 0.15) is 12.4 Å². The highest BCUT2D eigenvalue weighted by Crippen LogP contribution is 2.33. The number of rotatable bonds is 3. The lowest BCUT2D eigenvalue weighted by molar-refractivity contribution is 0.350. The highest BCUT2D eigenvalue weighted by molar-refractivity contribution is 5.37. The van der Waals surface area contributed by atoms with Crippen LogP contribution in [0.25, 0.3) is 0 Å². The van der Waals surface area contributed by atoms with Crippen LogP contribution in [0, 0.1) is 17.7 Å². The molecule has 1 aromatic carbocycles. The first kappa shape index (κ1) is 13.7. The lowest BCUT2D eigenvalue weighted by atomic mass is 10.1. The van der Waals surface area contributed by atoms with Gasteiger partial charge in [-0.15, -0.1) is 0 Å². The molecule has 1 saturated carbocycles. The molecule has 1 heterocycles. The predicted molar refractivity (Wildman–Crippen MR) is 76.4 cm³/mol. The fraction of sp³-hybridized carbons (Fsp3) is 0.312. The van der Waals surface area contributed by atoms with Crippen molar-refractivity contribution in [2.24, 2.45) is 0 Å².